The number of ether oxygens (including phenoxy) is 2. The Hall–Kier alpha value is -0.770. The molecular formula is C16H26ClNO2. The second kappa shape index (κ2) is 8.50. The summed E-state index contributed by atoms with van der Waals surface area (Å²) in [5, 5.41) is 4.21. The molecule has 0 bridgehead atoms. The lowest BCUT2D eigenvalue weighted by Gasteiger charge is -2.32. The van der Waals surface area contributed by atoms with Gasteiger partial charge < -0.3 is 14.8 Å². The standard InChI is InChI=1S/C16H26ClNO2/c1-6-18-15(16(11(3)4)20-7-2)13-10-12(17)8-9-14(13)19-5/h8-11,15-16,18H,6-7H2,1-5H3. The number of hydrogen-bond acceptors (Lipinski definition) is 3. The lowest BCUT2D eigenvalue weighted by Crippen LogP contribution is -2.37. The van der Waals surface area contributed by atoms with Crippen LogP contribution in [0.1, 0.15) is 39.3 Å². The summed E-state index contributed by atoms with van der Waals surface area (Å²) in [5.41, 5.74) is 1.05. The van der Waals surface area contributed by atoms with Crippen LogP contribution in [0.15, 0.2) is 18.2 Å². The molecule has 0 aromatic heterocycles. The monoisotopic (exact) mass is 299 g/mol. The van der Waals surface area contributed by atoms with Crippen LogP contribution in [-0.2, 0) is 4.74 Å². The Labute approximate surface area is 127 Å². The molecule has 0 aliphatic carbocycles. The first-order chi connectivity index (χ1) is 9.54. The van der Waals surface area contributed by atoms with Crippen LogP contribution < -0.4 is 10.1 Å². The fourth-order valence-electron chi connectivity index (χ4n) is 2.44. The van der Waals surface area contributed by atoms with E-state index in [-0.39, 0.29) is 12.1 Å². The molecule has 114 valence electrons. The average Bonchev–Trinajstić information content (AvgIpc) is 2.42. The Balaban J connectivity index is 3.20. The molecule has 3 nitrogen and oxygen atoms in total. The van der Waals surface area contributed by atoms with Crippen LogP contribution in [0.25, 0.3) is 0 Å². The van der Waals surface area contributed by atoms with Crippen molar-refractivity contribution < 1.29 is 9.47 Å². The zero-order chi connectivity index (χ0) is 15.1. The third-order valence-electron chi connectivity index (χ3n) is 3.30. The van der Waals surface area contributed by atoms with Crippen molar-refractivity contribution in [1.82, 2.24) is 5.32 Å². The Bertz CT molecular complexity index is 409. The van der Waals surface area contributed by atoms with Crippen LogP contribution in [0.2, 0.25) is 5.02 Å². The van der Waals surface area contributed by atoms with Gasteiger partial charge in [-0.05, 0) is 37.6 Å². The van der Waals surface area contributed by atoms with Gasteiger partial charge in [-0.15, -0.1) is 0 Å². The van der Waals surface area contributed by atoms with E-state index in [0.717, 1.165) is 17.9 Å². The molecular weight excluding hydrogens is 274 g/mol. The van der Waals surface area contributed by atoms with Gasteiger partial charge in [0.05, 0.1) is 19.3 Å². The van der Waals surface area contributed by atoms with Gasteiger partial charge in [-0.1, -0.05) is 32.4 Å². The largest absolute Gasteiger partial charge is 0.496 e. The third-order valence-corrected chi connectivity index (χ3v) is 3.53. The Morgan fingerprint density at radius 2 is 1.95 bits per heavy atom. The van der Waals surface area contributed by atoms with Gasteiger partial charge in [0.25, 0.3) is 0 Å². The van der Waals surface area contributed by atoms with E-state index < -0.39 is 0 Å². The minimum atomic E-state index is 0.0635. The van der Waals surface area contributed by atoms with Crippen LogP contribution in [0.3, 0.4) is 0 Å². The van der Waals surface area contributed by atoms with Gasteiger partial charge in [-0.25, -0.2) is 0 Å². The molecule has 20 heavy (non-hydrogen) atoms. The number of methoxy groups -OCH3 is 1. The second-order valence-corrected chi connectivity index (χ2v) is 5.52. The maximum Gasteiger partial charge on any atom is 0.123 e. The number of likely N-dealkylation sites (N-methyl/N-ethyl adjacent to an activating group) is 1. The van der Waals surface area contributed by atoms with Gasteiger partial charge in [0, 0.05) is 17.2 Å². The molecule has 0 heterocycles. The average molecular weight is 300 g/mol. The molecule has 0 fully saturated rings. The summed E-state index contributed by atoms with van der Waals surface area (Å²) >= 11 is 6.16. The van der Waals surface area contributed by atoms with Crippen LogP contribution in [0.4, 0.5) is 0 Å². The molecule has 0 spiro atoms. The van der Waals surface area contributed by atoms with Crippen molar-refractivity contribution in [2.24, 2.45) is 5.92 Å². The van der Waals surface area contributed by atoms with Gasteiger partial charge in [0.2, 0.25) is 0 Å². The first kappa shape index (κ1) is 17.3. The molecule has 0 saturated heterocycles. The van der Waals surface area contributed by atoms with Crippen molar-refractivity contribution in [3.63, 3.8) is 0 Å². The molecule has 1 aromatic carbocycles. The van der Waals surface area contributed by atoms with E-state index >= 15 is 0 Å². The molecule has 0 amide bonds. The maximum atomic E-state index is 6.16. The van der Waals surface area contributed by atoms with E-state index in [2.05, 4.69) is 26.1 Å². The van der Waals surface area contributed by atoms with Gasteiger partial charge in [0.15, 0.2) is 0 Å². The number of halogens is 1. The zero-order valence-electron chi connectivity index (χ0n) is 13.1. The molecule has 0 aliphatic rings. The fraction of sp³-hybridized carbons (Fsp3) is 0.625. The fourth-order valence-corrected chi connectivity index (χ4v) is 2.62. The summed E-state index contributed by atoms with van der Waals surface area (Å²) in [6.45, 7) is 9.99. The van der Waals surface area contributed by atoms with Gasteiger partial charge in [-0.2, -0.15) is 0 Å². The van der Waals surface area contributed by atoms with Crippen LogP contribution >= 0.6 is 11.6 Å². The molecule has 2 atom stereocenters. The zero-order valence-corrected chi connectivity index (χ0v) is 13.8. The second-order valence-electron chi connectivity index (χ2n) is 5.09. The van der Waals surface area contributed by atoms with Crippen molar-refractivity contribution in [3.8, 4) is 5.75 Å². The summed E-state index contributed by atoms with van der Waals surface area (Å²) in [7, 11) is 1.68. The Morgan fingerprint density at radius 1 is 1.25 bits per heavy atom. The molecule has 1 rings (SSSR count). The van der Waals surface area contributed by atoms with Gasteiger partial charge in [-0.3, -0.25) is 0 Å². The highest BCUT2D eigenvalue weighted by Gasteiger charge is 2.28. The summed E-state index contributed by atoms with van der Waals surface area (Å²) in [6.07, 6.45) is 0.0762. The molecule has 0 aliphatic heterocycles. The SMILES string of the molecule is CCNC(c1cc(Cl)ccc1OC)C(OCC)C(C)C. The minimum absolute atomic E-state index is 0.0635. The quantitative estimate of drug-likeness (QED) is 0.785. The minimum Gasteiger partial charge on any atom is -0.496 e. The van der Waals surface area contributed by atoms with Crippen LogP contribution in [0, 0.1) is 5.92 Å². The number of hydrogen-bond donors (Lipinski definition) is 1. The Morgan fingerprint density at radius 3 is 2.45 bits per heavy atom. The smallest absolute Gasteiger partial charge is 0.123 e. The predicted octanol–water partition coefficient (Wildman–Crippen LogP) is 4.06. The molecule has 1 N–H and O–H groups in total. The molecule has 2 unspecified atom stereocenters. The normalized spacial score (nSPS) is 14.3. The van der Waals surface area contributed by atoms with Gasteiger partial charge >= 0.3 is 0 Å². The topological polar surface area (TPSA) is 30.5 Å². The lowest BCUT2D eigenvalue weighted by molar-refractivity contribution is 0.00267. The summed E-state index contributed by atoms with van der Waals surface area (Å²) in [5.74, 6) is 1.23. The lowest BCUT2D eigenvalue weighted by atomic mass is 9.92. The maximum absolute atomic E-state index is 6.16. The van der Waals surface area contributed by atoms with E-state index in [0.29, 0.717) is 17.5 Å². The molecule has 1 aromatic rings. The summed E-state index contributed by atoms with van der Waals surface area (Å²) in [6, 6.07) is 5.78. The van der Waals surface area contributed by atoms with E-state index in [4.69, 9.17) is 21.1 Å². The predicted molar refractivity (Wildman–Crippen MR) is 84.7 cm³/mol. The highest BCUT2D eigenvalue weighted by molar-refractivity contribution is 6.30. The highest BCUT2D eigenvalue weighted by atomic mass is 35.5. The molecule has 4 heteroatoms. The third kappa shape index (κ3) is 4.37. The summed E-state index contributed by atoms with van der Waals surface area (Å²) < 4.78 is 11.4. The highest BCUT2D eigenvalue weighted by Crippen LogP contribution is 2.33. The molecule has 0 saturated carbocycles. The van der Waals surface area contributed by atoms with Crippen molar-refractivity contribution in [3.05, 3.63) is 28.8 Å². The van der Waals surface area contributed by atoms with E-state index in [1.54, 1.807) is 7.11 Å². The van der Waals surface area contributed by atoms with E-state index in [1.807, 2.05) is 25.1 Å². The molecule has 0 radical (unpaired) electrons. The number of benzene rings is 1. The number of nitrogens with one attached hydrogen (secondary N) is 1. The van der Waals surface area contributed by atoms with Crippen molar-refractivity contribution in [2.75, 3.05) is 20.3 Å². The first-order valence-corrected chi connectivity index (χ1v) is 7.61. The van der Waals surface area contributed by atoms with Crippen molar-refractivity contribution in [1.29, 1.82) is 0 Å². The van der Waals surface area contributed by atoms with Crippen LogP contribution in [0.5, 0.6) is 5.75 Å². The first-order valence-electron chi connectivity index (χ1n) is 7.23. The van der Waals surface area contributed by atoms with E-state index in [1.165, 1.54) is 0 Å². The summed E-state index contributed by atoms with van der Waals surface area (Å²) in [4.78, 5) is 0. The van der Waals surface area contributed by atoms with E-state index in [9.17, 15) is 0 Å². The number of rotatable bonds is 8. The van der Waals surface area contributed by atoms with Gasteiger partial charge in [0.1, 0.15) is 5.75 Å². The van der Waals surface area contributed by atoms with Crippen molar-refractivity contribution >= 4 is 11.6 Å². The Kier molecular flexibility index (Phi) is 7.35. The van der Waals surface area contributed by atoms with Crippen LogP contribution in [-0.4, -0.2) is 26.4 Å². The van der Waals surface area contributed by atoms with Crippen molar-refractivity contribution in [2.45, 2.75) is 39.8 Å².